The average molecular weight is 376 g/mol. The lowest BCUT2D eigenvalue weighted by atomic mass is 10.1. The quantitative estimate of drug-likeness (QED) is 0.270. The third-order valence-corrected chi connectivity index (χ3v) is 4.15. The second-order valence-electron chi connectivity index (χ2n) is 6.41. The molecule has 0 saturated heterocycles. The predicted molar refractivity (Wildman–Crippen MR) is 112 cm³/mol. The van der Waals surface area contributed by atoms with Gasteiger partial charge in [0.15, 0.2) is 17.3 Å². The van der Waals surface area contributed by atoms with E-state index >= 15 is 0 Å². The lowest BCUT2D eigenvalue weighted by Gasteiger charge is -2.07. The number of para-hydroxylation sites is 1. The zero-order chi connectivity index (χ0) is 19.8. The summed E-state index contributed by atoms with van der Waals surface area (Å²) in [5.74, 6) is 1.59. The molecule has 0 fully saturated rings. The van der Waals surface area contributed by atoms with Gasteiger partial charge >= 0.3 is 0 Å². The van der Waals surface area contributed by atoms with Crippen LogP contribution in [0.5, 0.6) is 5.75 Å². The highest BCUT2D eigenvalue weighted by molar-refractivity contribution is 5.96. The smallest absolute Gasteiger partial charge is 0.175 e. The minimum atomic E-state index is 0.183. The molecular weight excluding hydrogens is 352 g/mol. The minimum Gasteiger partial charge on any atom is -0.493 e. The third-order valence-electron chi connectivity index (χ3n) is 4.15. The first-order valence-electron chi connectivity index (χ1n) is 9.30. The lowest BCUT2D eigenvalue weighted by molar-refractivity contribution is 0.309. The molecule has 28 heavy (non-hydrogen) atoms. The number of hydrogen-bond donors (Lipinski definition) is 1. The maximum atomic E-state index is 5.99. The molecule has 6 nitrogen and oxygen atoms in total. The molecule has 3 rings (SSSR count). The van der Waals surface area contributed by atoms with Crippen LogP contribution in [0.3, 0.4) is 0 Å². The van der Waals surface area contributed by atoms with Gasteiger partial charge in [-0.25, -0.2) is 0 Å². The van der Waals surface area contributed by atoms with Crippen LogP contribution in [0.2, 0.25) is 0 Å². The third kappa shape index (κ3) is 5.07. The van der Waals surface area contributed by atoms with E-state index in [-0.39, 0.29) is 5.84 Å². The van der Waals surface area contributed by atoms with Crippen LogP contribution in [-0.4, -0.2) is 23.8 Å². The Labute approximate surface area is 164 Å². The van der Waals surface area contributed by atoms with Gasteiger partial charge in [0.1, 0.15) is 5.75 Å². The van der Waals surface area contributed by atoms with E-state index in [0.29, 0.717) is 18.1 Å². The fourth-order valence-electron chi connectivity index (χ4n) is 2.50. The van der Waals surface area contributed by atoms with Crippen LogP contribution in [0.1, 0.15) is 36.6 Å². The number of hydrogen-bond acceptors (Lipinski definition) is 5. The van der Waals surface area contributed by atoms with E-state index in [1.165, 1.54) is 5.56 Å². The topological polar surface area (TPSA) is 86.0 Å². The summed E-state index contributed by atoms with van der Waals surface area (Å²) in [5, 5.41) is 12.1. The van der Waals surface area contributed by atoms with Gasteiger partial charge < -0.3 is 15.0 Å². The van der Waals surface area contributed by atoms with Crippen molar-refractivity contribution in [3.8, 4) is 17.1 Å². The van der Waals surface area contributed by atoms with Gasteiger partial charge in [0.05, 0.1) is 12.8 Å². The number of aryl methyl sites for hydroxylation is 1. The normalized spacial score (nSPS) is 11.9. The molecule has 0 spiro atoms. The number of benzene rings is 2. The maximum Gasteiger partial charge on any atom is 0.175 e. The second kappa shape index (κ2) is 9.50. The molecule has 2 N–H and O–H groups in total. The Morgan fingerprint density at radius 2 is 1.96 bits per heavy atom. The van der Waals surface area contributed by atoms with Gasteiger partial charge in [-0.05, 0) is 25.5 Å². The fourth-order valence-corrected chi connectivity index (χ4v) is 2.50. The monoisotopic (exact) mass is 376 g/mol. The van der Waals surface area contributed by atoms with Crippen molar-refractivity contribution in [2.45, 2.75) is 26.7 Å². The standard InChI is InChI=1S/C22H24N4O2/c1-3-4-13-27-20-8-6-5-7-18(20)15-24-25-22(23)19-14-21(28-26-19)17-11-9-16(2)10-12-17/h5-12,14-15H,3-4,13H2,1-2H3,(H2,23,25). The number of amidine groups is 1. The van der Waals surface area contributed by atoms with Gasteiger partial charge in [-0.1, -0.05) is 60.5 Å². The van der Waals surface area contributed by atoms with Gasteiger partial charge in [-0.2, -0.15) is 5.10 Å². The summed E-state index contributed by atoms with van der Waals surface area (Å²) in [6.07, 6.45) is 3.71. The van der Waals surface area contributed by atoms with Crippen molar-refractivity contribution in [3.63, 3.8) is 0 Å². The zero-order valence-electron chi connectivity index (χ0n) is 16.1. The summed E-state index contributed by atoms with van der Waals surface area (Å²) in [6.45, 7) is 4.83. The van der Waals surface area contributed by atoms with Gasteiger partial charge in [0, 0.05) is 17.2 Å². The van der Waals surface area contributed by atoms with Crippen LogP contribution < -0.4 is 10.5 Å². The molecule has 6 heteroatoms. The summed E-state index contributed by atoms with van der Waals surface area (Å²) in [7, 11) is 0. The number of rotatable bonds is 8. The van der Waals surface area contributed by atoms with Crippen molar-refractivity contribution in [3.05, 3.63) is 71.4 Å². The molecule has 0 amide bonds. The summed E-state index contributed by atoms with van der Waals surface area (Å²) in [4.78, 5) is 0. The Bertz CT molecular complexity index is 959. The van der Waals surface area contributed by atoms with E-state index in [0.717, 1.165) is 29.7 Å². The minimum absolute atomic E-state index is 0.183. The van der Waals surface area contributed by atoms with Crippen molar-refractivity contribution in [1.29, 1.82) is 0 Å². The largest absolute Gasteiger partial charge is 0.493 e. The molecule has 1 aromatic heterocycles. The van der Waals surface area contributed by atoms with E-state index in [1.54, 1.807) is 12.3 Å². The van der Waals surface area contributed by atoms with Gasteiger partial charge in [-0.3, -0.25) is 0 Å². The molecular formula is C22H24N4O2. The molecule has 1 heterocycles. The second-order valence-corrected chi connectivity index (χ2v) is 6.41. The first-order valence-corrected chi connectivity index (χ1v) is 9.30. The number of aromatic nitrogens is 1. The van der Waals surface area contributed by atoms with Crippen LogP contribution in [0, 0.1) is 6.92 Å². The zero-order valence-corrected chi connectivity index (χ0v) is 16.1. The van der Waals surface area contributed by atoms with Gasteiger partial charge in [-0.15, -0.1) is 5.10 Å². The van der Waals surface area contributed by atoms with Crippen LogP contribution in [0.4, 0.5) is 0 Å². The molecule has 0 radical (unpaired) electrons. The lowest BCUT2D eigenvalue weighted by Crippen LogP contribution is -2.12. The summed E-state index contributed by atoms with van der Waals surface area (Å²) in [6, 6.07) is 17.4. The molecule has 0 aliphatic carbocycles. The predicted octanol–water partition coefficient (Wildman–Crippen LogP) is 4.57. The molecule has 3 aromatic rings. The highest BCUT2D eigenvalue weighted by Crippen LogP contribution is 2.21. The van der Waals surface area contributed by atoms with Crippen LogP contribution in [-0.2, 0) is 0 Å². The highest BCUT2D eigenvalue weighted by atomic mass is 16.5. The Hall–Kier alpha value is -3.41. The van der Waals surface area contributed by atoms with Gasteiger partial charge in [0.2, 0.25) is 0 Å². The van der Waals surface area contributed by atoms with Crippen LogP contribution in [0.15, 0.2) is 69.3 Å². The van der Waals surface area contributed by atoms with Crippen LogP contribution >= 0.6 is 0 Å². The number of ether oxygens (including phenoxy) is 1. The molecule has 2 aromatic carbocycles. The molecule has 0 saturated carbocycles. The first kappa shape index (κ1) is 19.4. The van der Waals surface area contributed by atoms with Crippen molar-refractivity contribution < 1.29 is 9.26 Å². The Morgan fingerprint density at radius 1 is 1.18 bits per heavy atom. The Morgan fingerprint density at radius 3 is 2.75 bits per heavy atom. The van der Waals surface area contributed by atoms with Crippen molar-refractivity contribution in [1.82, 2.24) is 5.16 Å². The Balaban J connectivity index is 1.70. The molecule has 0 unspecified atom stereocenters. The number of nitrogens with two attached hydrogens (primary N) is 1. The fraction of sp³-hybridized carbons (Fsp3) is 0.227. The number of nitrogens with zero attached hydrogens (tertiary/aromatic N) is 3. The summed E-state index contributed by atoms with van der Waals surface area (Å²) < 4.78 is 11.1. The SMILES string of the molecule is CCCCOc1ccccc1C=NN=C(N)c1cc(-c2ccc(C)cc2)on1. The summed E-state index contributed by atoms with van der Waals surface area (Å²) >= 11 is 0. The van der Waals surface area contributed by atoms with E-state index in [4.69, 9.17) is 15.0 Å². The Kier molecular flexibility index (Phi) is 6.57. The molecule has 0 aliphatic heterocycles. The molecule has 0 bridgehead atoms. The summed E-state index contributed by atoms with van der Waals surface area (Å²) in [5.41, 5.74) is 9.39. The van der Waals surface area contributed by atoms with E-state index in [1.807, 2.05) is 55.5 Å². The number of unbranched alkanes of at least 4 members (excludes halogenated alkanes) is 1. The van der Waals surface area contributed by atoms with Crippen molar-refractivity contribution >= 4 is 12.1 Å². The first-order chi connectivity index (χ1) is 13.7. The average Bonchev–Trinajstić information content (AvgIpc) is 3.20. The maximum absolute atomic E-state index is 5.99. The highest BCUT2D eigenvalue weighted by Gasteiger charge is 2.09. The molecule has 0 aliphatic rings. The molecule has 144 valence electrons. The van der Waals surface area contributed by atoms with Crippen LogP contribution in [0.25, 0.3) is 11.3 Å². The van der Waals surface area contributed by atoms with Gasteiger partial charge in [0.25, 0.3) is 0 Å². The van der Waals surface area contributed by atoms with E-state index < -0.39 is 0 Å². The van der Waals surface area contributed by atoms with E-state index in [9.17, 15) is 0 Å². The van der Waals surface area contributed by atoms with Crippen molar-refractivity contribution in [2.75, 3.05) is 6.61 Å². The molecule has 0 atom stereocenters. The van der Waals surface area contributed by atoms with Crippen molar-refractivity contribution in [2.24, 2.45) is 15.9 Å². The van der Waals surface area contributed by atoms with E-state index in [2.05, 4.69) is 22.3 Å².